The van der Waals surface area contributed by atoms with E-state index in [0.717, 1.165) is 13.1 Å². The normalized spacial score (nSPS) is 14.2. The summed E-state index contributed by atoms with van der Waals surface area (Å²) in [4.78, 5) is 2.24. The van der Waals surface area contributed by atoms with Gasteiger partial charge in [0.05, 0.1) is 6.61 Å². The summed E-state index contributed by atoms with van der Waals surface area (Å²) >= 11 is 0. The highest BCUT2D eigenvalue weighted by molar-refractivity contribution is 4.65. The third-order valence-electron chi connectivity index (χ3n) is 1.60. The van der Waals surface area contributed by atoms with Crippen LogP contribution >= 0.6 is 0 Å². The Bertz CT molecular complexity index is 107. The molecular weight excluding hydrogens is 152 g/mol. The van der Waals surface area contributed by atoms with Gasteiger partial charge in [-0.1, -0.05) is 13.8 Å². The lowest BCUT2D eigenvalue weighted by molar-refractivity contribution is 0.158. The van der Waals surface area contributed by atoms with Gasteiger partial charge >= 0.3 is 0 Å². The first-order chi connectivity index (χ1) is 5.56. The van der Waals surface area contributed by atoms with Gasteiger partial charge < -0.3 is 15.4 Å². The van der Waals surface area contributed by atoms with Crippen molar-refractivity contribution in [3.63, 3.8) is 0 Å². The zero-order chi connectivity index (χ0) is 9.56. The lowest BCUT2D eigenvalue weighted by Gasteiger charge is -2.22. The number of hydrogen-bond acceptors (Lipinski definition) is 3. The molecule has 0 radical (unpaired) electrons. The largest absolute Gasteiger partial charge is 0.383 e. The fourth-order valence-corrected chi connectivity index (χ4v) is 1.36. The van der Waals surface area contributed by atoms with Gasteiger partial charge in [-0.2, -0.15) is 0 Å². The summed E-state index contributed by atoms with van der Waals surface area (Å²) in [6, 6.07) is 0.138. The molecule has 0 amide bonds. The minimum absolute atomic E-state index is 0.138. The maximum atomic E-state index is 5.79. The van der Waals surface area contributed by atoms with Crippen LogP contribution in [0.4, 0.5) is 0 Å². The summed E-state index contributed by atoms with van der Waals surface area (Å²) in [5, 5.41) is 0. The Kier molecular flexibility index (Phi) is 6.34. The molecule has 0 aromatic heterocycles. The third kappa shape index (κ3) is 6.58. The Morgan fingerprint density at radius 2 is 1.92 bits per heavy atom. The van der Waals surface area contributed by atoms with E-state index in [1.54, 1.807) is 7.11 Å². The topological polar surface area (TPSA) is 38.5 Å². The second-order valence-electron chi connectivity index (χ2n) is 3.83. The summed E-state index contributed by atoms with van der Waals surface area (Å²) in [5.41, 5.74) is 5.79. The lowest BCUT2D eigenvalue weighted by Crippen LogP contribution is -2.39. The van der Waals surface area contributed by atoms with Crippen molar-refractivity contribution < 1.29 is 4.74 Å². The Labute approximate surface area is 75.9 Å². The Hall–Kier alpha value is -0.120. The van der Waals surface area contributed by atoms with Gasteiger partial charge in [-0.3, -0.25) is 0 Å². The summed E-state index contributed by atoms with van der Waals surface area (Å²) in [5.74, 6) is 0.699. The predicted octanol–water partition coefficient (Wildman–Crippen LogP) is 0.548. The Balaban J connectivity index is 3.46. The number of nitrogens with two attached hydrogens (primary N) is 1. The number of nitrogens with zero attached hydrogens (tertiary/aromatic N) is 1. The molecule has 0 bridgehead atoms. The van der Waals surface area contributed by atoms with Crippen LogP contribution in [0.15, 0.2) is 0 Å². The van der Waals surface area contributed by atoms with E-state index >= 15 is 0 Å². The molecule has 0 aliphatic carbocycles. The maximum Gasteiger partial charge on any atom is 0.0626 e. The van der Waals surface area contributed by atoms with Gasteiger partial charge in [0.1, 0.15) is 0 Å². The average Bonchev–Trinajstić information content (AvgIpc) is 1.84. The van der Waals surface area contributed by atoms with Gasteiger partial charge in [-0.25, -0.2) is 0 Å². The van der Waals surface area contributed by atoms with E-state index in [9.17, 15) is 0 Å². The van der Waals surface area contributed by atoms with Crippen molar-refractivity contribution in [2.75, 3.05) is 33.9 Å². The quantitative estimate of drug-likeness (QED) is 0.639. The molecular formula is C9H22N2O. The van der Waals surface area contributed by atoms with Crippen molar-refractivity contribution in [2.24, 2.45) is 11.7 Å². The molecule has 3 heteroatoms. The van der Waals surface area contributed by atoms with E-state index in [1.165, 1.54) is 0 Å². The molecule has 0 fully saturated rings. The van der Waals surface area contributed by atoms with Crippen LogP contribution in [0.5, 0.6) is 0 Å². The van der Waals surface area contributed by atoms with Crippen molar-refractivity contribution in [3.8, 4) is 0 Å². The van der Waals surface area contributed by atoms with Crippen molar-refractivity contribution in [1.82, 2.24) is 4.90 Å². The SMILES string of the molecule is COCC(N)CN(C)CC(C)C. The number of rotatable bonds is 6. The molecule has 0 saturated heterocycles. The molecule has 74 valence electrons. The first-order valence-corrected chi connectivity index (χ1v) is 4.49. The number of methoxy groups -OCH3 is 1. The summed E-state index contributed by atoms with van der Waals surface area (Å²) < 4.78 is 4.96. The smallest absolute Gasteiger partial charge is 0.0626 e. The molecule has 0 saturated carbocycles. The molecule has 1 atom stereocenters. The van der Waals surface area contributed by atoms with E-state index < -0.39 is 0 Å². The van der Waals surface area contributed by atoms with E-state index in [2.05, 4.69) is 25.8 Å². The fraction of sp³-hybridized carbons (Fsp3) is 1.00. The second-order valence-corrected chi connectivity index (χ2v) is 3.83. The van der Waals surface area contributed by atoms with Crippen LogP contribution in [0.1, 0.15) is 13.8 Å². The monoisotopic (exact) mass is 174 g/mol. The Morgan fingerprint density at radius 3 is 2.33 bits per heavy atom. The lowest BCUT2D eigenvalue weighted by atomic mass is 10.2. The molecule has 0 aromatic carbocycles. The first kappa shape index (κ1) is 11.9. The van der Waals surface area contributed by atoms with Crippen LogP contribution in [0.2, 0.25) is 0 Å². The van der Waals surface area contributed by atoms with E-state index in [4.69, 9.17) is 10.5 Å². The van der Waals surface area contributed by atoms with Gasteiger partial charge in [0, 0.05) is 26.2 Å². The number of likely N-dealkylation sites (N-methyl/N-ethyl adjacent to an activating group) is 1. The van der Waals surface area contributed by atoms with Crippen LogP contribution in [0.3, 0.4) is 0 Å². The molecule has 12 heavy (non-hydrogen) atoms. The Morgan fingerprint density at radius 1 is 1.33 bits per heavy atom. The number of hydrogen-bond donors (Lipinski definition) is 1. The highest BCUT2D eigenvalue weighted by atomic mass is 16.5. The van der Waals surface area contributed by atoms with Gasteiger partial charge in [-0.05, 0) is 13.0 Å². The molecule has 2 N–H and O–H groups in total. The second kappa shape index (κ2) is 6.40. The number of ether oxygens (including phenoxy) is 1. The molecule has 3 nitrogen and oxygen atoms in total. The van der Waals surface area contributed by atoms with Gasteiger partial charge in [0.2, 0.25) is 0 Å². The standard InChI is InChI=1S/C9H22N2O/c1-8(2)5-11(3)6-9(10)7-12-4/h8-9H,5-7,10H2,1-4H3. The molecule has 1 unspecified atom stereocenters. The van der Waals surface area contributed by atoms with Crippen LogP contribution in [-0.2, 0) is 4.74 Å². The van der Waals surface area contributed by atoms with Crippen molar-refractivity contribution in [3.05, 3.63) is 0 Å². The molecule has 0 aliphatic heterocycles. The zero-order valence-corrected chi connectivity index (χ0v) is 8.71. The predicted molar refractivity (Wildman–Crippen MR) is 52.2 cm³/mol. The zero-order valence-electron chi connectivity index (χ0n) is 8.71. The molecule has 0 aromatic rings. The van der Waals surface area contributed by atoms with Gasteiger partial charge in [0.15, 0.2) is 0 Å². The van der Waals surface area contributed by atoms with Crippen LogP contribution in [-0.4, -0.2) is 44.8 Å². The van der Waals surface area contributed by atoms with Crippen molar-refractivity contribution in [1.29, 1.82) is 0 Å². The summed E-state index contributed by atoms with van der Waals surface area (Å²) in [7, 11) is 3.78. The maximum absolute atomic E-state index is 5.79. The fourth-order valence-electron chi connectivity index (χ4n) is 1.36. The molecule has 0 heterocycles. The van der Waals surface area contributed by atoms with Gasteiger partial charge in [-0.15, -0.1) is 0 Å². The molecule has 0 rings (SSSR count). The highest BCUT2D eigenvalue weighted by Crippen LogP contribution is 1.96. The van der Waals surface area contributed by atoms with Crippen LogP contribution in [0.25, 0.3) is 0 Å². The summed E-state index contributed by atoms with van der Waals surface area (Å²) in [6.45, 7) is 7.06. The minimum Gasteiger partial charge on any atom is -0.383 e. The highest BCUT2D eigenvalue weighted by Gasteiger charge is 2.07. The van der Waals surface area contributed by atoms with E-state index in [0.29, 0.717) is 12.5 Å². The van der Waals surface area contributed by atoms with Crippen molar-refractivity contribution in [2.45, 2.75) is 19.9 Å². The molecule has 0 aliphatic rings. The van der Waals surface area contributed by atoms with Crippen LogP contribution in [0, 0.1) is 5.92 Å². The minimum atomic E-state index is 0.138. The first-order valence-electron chi connectivity index (χ1n) is 4.49. The van der Waals surface area contributed by atoms with Crippen LogP contribution < -0.4 is 5.73 Å². The average molecular weight is 174 g/mol. The third-order valence-corrected chi connectivity index (χ3v) is 1.60. The van der Waals surface area contributed by atoms with E-state index in [-0.39, 0.29) is 6.04 Å². The molecule has 0 spiro atoms. The summed E-state index contributed by atoms with van der Waals surface area (Å²) in [6.07, 6.45) is 0. The van der Waals surface area contributed by atoms with E-state index in [1.807, 2.05) is 0 Å². The van der Waals surface area contributed by atoms with Gasteiger partial charge in [0.25, 0.3) is 0 Å². The van der Waals surface area contributed by atoms with Crippen molar-refractivity contribution >= 4 is 0 Å².